The minimum atomic E-state index is -0.520. The van der Waals surface area contributed by atoms with Gasteiger partial charge in [0.2, 0.25) is 0 Å². The third-order valence-electron chi connectivity index (χ3n) is 4.47. The topological polar surface area (TPSA) is 107 Å². The quantitative estimate of drug-likeness (QED) is 0.492. The molecule has 0 radical (unpaired) electrons. The fourth-order valence-corrected chi connectivity index (χ4v) is 2.97. The number of rotatable bonds is 6. The minimum absolute atomic E-state index is 0.124. The number of amides is 1. The predicted molar refractivity (Wildman–Crippen MR) is 112 cm³/mol. The number of ether oxygens (including phenoxy) is 1. The number of carbonyl (C=O) groups is 1. The first-order valence-corrected chi connectivity index (χ1v) is 9.28. The van der Waals surface area contributed by atoms with E-state index in [2.05, 4.69) is 31.1 Å². The fourth-order valence-electron chi connectivity index (χ4n) is 2.97. The first-order valence-electron chi connectivity index (χ1n) is 9.28. The average Bonchev–Trinajstić information content (AvgIpc) is 3.21. The third kappa shape index (κ3) is 4.17. The molecule has 0 unspecified atom stereocenters. The molecule has 1 amide bonds. The summed E-state index contributed by atoms with van der Waals surface area (Å²) in [6.07, 6.45) is 1.57. The first kappa shape index (κ1) is 20.0. The smallest absolute Gasteiger partial charge is 0.259 e. The summed E-state index contributed by atoms with van der Waals surface area (Å²) >= 11 is 0. The van der Waals surface area contributed by atoms with Gasteiger partial charge in [-0.25, -0.2) is 9.37 Å². The lowest BCUT2D eigenvalue weighted by atomic mass is 10.2. The molecule has 10 heteroatoms. The maximum Gasteiger partial charge on any atom is 0.259 e. The van der Waals surface area contributed by atoms with Gasteiger partial charge in [0.1, 0.15) is 23.1 Å². The zero-order valence-electron chi connectivity index (χ0n) is 16.7. The first-order chi connectivity index (χ1) is 15.1. The van der Waals surface area contributed by atoms with E-state index in [0.717, 1.165) is 0 Å². The number of aryl methyl sites for hydroxylation is 1. The highest BCUT2D eigenvalue weighted by Crippen LogP contribution is 2.28. The number of hydrogen-bond acceptors (Lipinski definition) is 7. The van der Waals surface area contributed by atoms with Crippen LogP contribution in [0.3, 0.4) is 0 Å². The molecular formula is C21H18FN7O2. The zero-order chi connectivity index (χ0) is 21.8. The van der Waals surface area contributed by atoms with Crippen LogP contribution in [0.15, 0.2) is 60.8 Å². The van der Waals surface area contributed by atoms with Gasteiger partial charge in [0, 0.05) is 11.9 Å². The molecule has 0 aliphatic heterocycles. The van der Waals surface area contributed by atoms with Crippen LogP contribution in [0.2, 0.25) is 0 Å². The summed E-state index contributed by atoms with van der Waals surface area (Å²) < 4.78 is 20.9. The highest BCUT2D eigenvalue weighted by molar-refractivity contribution is 6.08. The second-order valence-electron chi connectivity index (χ2n) is 6.48. The van der Waals surface area contributed by atoms with Crippen LogP contribution in [-0.2, 0) is 0 Å². The molecule has 2 N–H and O–H groups in total. The number of tetrazole rings is 1. The molecule has 0 aliphatic rings. The van der Waals surface area contributed by atoms with Crippen molar-refractivity contribution in [3.8, 4) is 11.4 Å². The predicted octanol–water partition coefficient (Wildman–Crippen LogP) is 3.51. The highest BCUT2D eigenvalue weighted by Gasteiger charge is 2.16. The lowest BCUT2D eigenvalue weighted by molar-refractivity contribution is 0.102. The molecule has 0 saturated carbocycles. The number of methoxy groups -OCH3 is 1. The fraction of sp³-hybridized carbons (Fsp3) is 0.0952. The Morgan fingerprint density at radius 3 is 2.74 bits per heavy atom. The van der Waals surface area contributed by atoms with Gasteiger partial charge in [0.15, 0.2) is 5.82 Å². The van der Waals surface area contributed by atoms with E-state index in [1.807, 2.05) is 18.2 Å². The number of aromatic nitrogens is 5. The average molecular weight is 419 g/mol. The molecule has 2 heterocycles. The molecule has 2 aromatic heterocycles. The number of pyridine rings is 1. The summed E-state index contributed by atoms with van der Waals surface area (Å²) in [5.41, 5.74) is 1.47. The Kier molecular flexibility index (Phi) is 5.52. The highest BCUT2D eigenvalue weighted by atomic mass is 19.1. The van der Waals surface area contributed by atoms with Crippen molar-refractivity contribution in [1.29, 1.82) is 0 Å². The number of anilines is 3. The van der Waals surface area contributed by atoms with Crippen LogP contribution >= 0.6 is 0 Å². The van der Waals surface area contributed by atoms with Crippen LogP contribution in [0.4, 0.5) is 21.6 Å². The van der Waals surface area contributed by atoms with Gasteiger partial charge in [-0.3, -0.25) is 4.79 Å². The molecule has 2 aromatic carbocycles. The van der Waals surface area contributed by atoms with Gasteiger partial charge in [-0.1, -0.05) is 12.1 Å². The van der Waals surface area contributed by atoms with Crippen molar-refractivity contribution in [1.82, 2.24) is 25.2 Å². The molecule has 4 rings (SSSR count). The van der Waals surface area contributed by atoms with Crippen LogP contribution in [0, 0.1) is 12.7 Å². The number of nitrogens with zero attached hydrogens (tertiary/aromatic N) is 5. The van der Waals surface area contributed by atoms with E-state index >= 15 is 0 Å². The minimum Gasteiger partial charge on any atom is -0.495 e. The number of hydrogen-bond donors (Lipinski definition) is 2. The molecule has 0 saturated heterocycles. The van der Waals surface area contributed by atoms with Gasteiger partial charge in [0.25, 0.3) is 5.91 Å². The number of para-hydroxylation sites is 2. The van der Waals surface area contributed by atoms with E-state index in [-0.39, 0.29) is 5.69 Å². The Hall–Kier alpha value is -4.34. The molecular weight excluding hydrogens is 401 g/mol. The number of nitrogens with one attached hydrogen (secondary N) is 2. The molecule has 4 aromatic rings. The summed E-state index contributed by atoms with van der Waals surface area (Å²) in [4.78, 5) is 17.2. The van der Waals surface area contributed by atoms with Crippen LogP contribution in [-0.4, -0.2) is 38.2 Å². The van der Waals surface area contributed by atoms with E-state index < -0.39 is 11.7 Å². The van der Waals surface area contributed by atoms with Crippen LogP contribution < -0.4 is 15.4 Å². The Labute approximate surface area is 176 Å². The van der Waals surface area contributed by atoms with Crippen LogP contribution in [0.5, 0.6) is 5.75 Å². The van der Waals surface area contributed by atoms with Crippen molar-refractivity contribution in [3.05, 3.63) is 78.0 Å². The van der Waals surface area contributed by atoms with Crippen LogP contribution in [0.25, 0.3) is 5.69 Å². The standard InChI is InChI=1S/C21H18FN7O2/c1-13-26-27-28-29(13)18-12-14(9-10-16(18)22)24-21(30)15-6-5-11-23-20(15)25-17-7-3-4-8-19(17)31-2/h3-12H,1-2H3,(H,23,25)(H,24,30). The Morgan fingerprint density at radius 2 is 1.97 bits per heavy atom. The second-order valence-corrected chi connectivity index (χ2v) is 6.48. The number of carbonyl (C=O) groups excluding carboxylic acids is 1. The molecule has 0 spiro atoms. The maximum atomic E-state index is 14.3. The molecule has 31 heavy (non-hydrogen) atoms. The van der Waals surface area contributed by atoms with E-state index in [9.17, 15) is 9.18 Å². The van der Waals surface area contributed by atoms with Gasteiger partial charge in [0.05, 0.1) is 18.4 Å². The lowest BCUT2D eigenvalue weighted by Crippen LogP contribution is -2.15. The lowest BCUT2D eigenvalue weighted by Gasteiger charge is -2.14. The molecule has 0 atom stereocenters. The Bertz CT molecular complexity index is 1240. The summed E-state index contributed by atoms with van der Waals surface area (Å²) in [5, 5.41) is 16.9. The van der Waals surface area contributed by atoms with Gasteiger partial charge >= 0.3 is 0 Å². The van der Waals surface area contributed by atoms with E-state index in [1.54, 1.807) is 38.4 Å². The van der Waals surface area contributed by atoms with Crippen molar-refractivity contribution >= 4 is 23.1 Å². The Balaban J connectivity index is 1.61. The van der Waals surface area contributed by atoms with Gasteiger partial charge in [-0.2, -0.15) is 4.68 Å². The summed E-state index contributed by atoms with van der Waals surface area (Å²) in [6.45, 7) is 1.65. The molecule has 156 valence electrons. The maximum absolute atomic E-state index is 14.3. The summed E-state index contributed by atoms with van der Waals surface area (Å²) in [5.74, 6) is 0.436. The molecule has 9 nitrogen and oxygen atoms in total. The van der Waals surface area contributed by atoms with Gasteiger partial charge < -0.3 is 15.4 Å². The van der Waals surface area contributed by atoms with Crippen molar-refractivity contribution in [3.63, 3.8) is 0 Å². The molecule has 0 bridgehead atoms. The van der Waals surface area contributed by atoms with E-state index in [4.69, 9.17) is 4.74 Å². The van der Waals surface area contributed by atoms with Crippen LogP contribution in [0.1, 0.15) is 16.2 Å². The normalized spacial score (nSPS) is 10.5. The van der Waals surface area contributed by atoms with Crippen molar-refractivity contribution in [2.75, 3.05) is 17.7 Å². The summed E-state index contributed by atoms with van der Waals surface area (Å²) in [7, 11) is 1.56. The monoisotopic (exact) mass is 419 g/mol. The second kappa shape index (κ2) is 8.57. The molecule has 0 aliphatic carbocycles. The van der Waals surface area contributed by atoms with Crippen molar-refractivity contribution in [2.45, 2.75) is 6.92 Å². The van der Waals surface area contributed by atoms with Gasteiger partial charge in [-0.05, 0) is 59.8 Å². The molecule has 0 fully saturated rings. The number of benzene rings is 2. The zero-order valence-corrected chi connectivity index (χ0v) is 16.7. The van der Waals surface area contributed by atoms with E-state index in [1.165, 1.54) is 22.9 Å². The van der Waals surface area contributed by atoms with Gasteiger partial charge in [-0.15, -0.1) is 5.10 Å². The summed E-state index contributed by atoms with van der Waals surface area (Å²) in [6, 6.07) is 14.7. The van der Waals surface area contributed by atoms with Crippen molar-refractivity contribution < 1.29 is 13.9 Å². The van der Waals surface area contributed by atoms with Crippen molar-refractivity contribution in [2.24, 2.45) is 0 Å². The Morgan fingerprint density at radius 1 is 1.13 bits per heavy atom. The third-order valence-corrected chi connectivity index (χ3v) is 4.47. The number of halogens is 1. The largest absolute Gasteiger partial charge is 0.495 e. The van der Waals surface area contributed by atoms with E-state index in [0.29, 0.717) is 34.3 Å². The SMILES string of the molecule is COc1ccccc1Nc1ncccc1C(=O)Nc1ccc(F)c(-n2nnnc2C)c1.